The van der Waals surface area contributed by atoms with Crippen LogP contribution in [0.4, 0.5) is 5.69 Å². The fraction of sp³-hybridized carbons (Fsp3) is 0.333. The third-order valence-corrected chi connectivity index (χ3v) is 4.62. The van der Waals surface area contributed by atoms with Gasteiger partial charge in [0.15, 0.2) is 0 Å². The van der Waals surface area contributed by atoms with Gasteiger partial charge in [-0.1, -0.05) is 34.1 Å². The van der Waals surface area contributed by atoms with Crippen LogP contribution in [0.1, 0.15) is 6.42 Å². The Bertz CT molecular complexity index is 599. The highest BCUT2D eigenvalue weighted by molar-refractivity contribution is 9.10. The van der Waals surface area contributed by atoms with E-state index in [4.69, 9.17) is 0 Å². The SMILES string of the molecule is O=C(Nc1cccc(Br)c1)[C@H]1[C@H](C(=O)[O-])[C@H]2C=C[C@@H]1C2. The summed E-state index contributed by atoms with van der Waals surface area (Å²) >= 11 is 3.34. The van der Waals surface area contributed by atoms with E-state index in [0.29, 0.717) is 5.69 Å². The van der Waals surface area contributed by atoms with E-state index < -0.39 is 17.8 Å². The molecule has 3 rings (SSSR count). The quantitative estimate of drug-likeness (QED) is 0.853. The summed E-state index contributed by atoms with van der Waals surface area (Å²) in [4.78, 5) is 23.7. The number of benzene rings is 1. The highest BCUT2D eigenvalue weighted by atomic mass is 79.9. The molecule has 5 heteroatoms. The van der Waals surface area contributed by atoms with Gasteiger partial charge < -0.3 is 15.2 Å². The van der Waals surface area contributed by atoms with Gasteiger partial charge in [-0.25, -0.2) is 0 Å². The zero-order chi connectivity index (χ0) is 14.3. The number of allylic oxidation sites excluding steroid dienone is 2. The summed E-state index contributed by atoms with van der Waals surface area (Å²) in [5.74, 6) is -2.67. The number of carboxylic acid groups (broad SMARTS) is 1. The van der Waals surface area contributed by atoms with Crippen molar-refractivity contribution in [1.82, 2.24) is 0 Å². The number of hydrogen-bond donors (Lipinski definition) is 1. The maximum absolute atomic E-state index is 12.4. The Hall–Kier alpha value is -1.62. The van der Waals surface area contributed by atoms with E-state index in [-0.39, 0.29) is 17.7 Å². The molecule has 1 N–H and O–H groups in total. The lowest BCUT2D eigenvalue weighted by molar-refractivity contribution is -0.313. The van der Waals surface area contributed by atoms with Gasteiger partial charge in [0, 0.05) is 22.0 Å². The Morgan fingerprint density at radius 2 is 1.90 bits per heavy atom. The lowest BCUT2D eigenvalue weighted by Gasteiger charge is -2.27. The van der Waals surface area contributed by atoms with Crippen LogP contribution in [-0.4, -0.2) is 11.9 Å². The van der Waals surface area contributed by atoms with Crippen LogP contribution in [0, 0.1) is 23.7 Å². The fourth-order valence-electron chi connectivity index (χ4n) is 3.29. The first-order valence-electron chi connectivity index (χ1n) is 6.52. The molecule has 0 unspecified atom stereocenters. The van der Waals surface area contributed by atoms with Crippen molar-refractivity contribution in [1.29, 1.82) is 0 Å². The number of rotatable bonds is 3. The molecule has 20 heavy (non-hydrogen) atoms. The number of nitrogens with one attached hydrogen (secondary N) is 1. The van der Waals surface area contributed by atoms with Gasteiger partial charge in [-0.2, -0.15) is 0 Å². The molecular weight excluding hydrogens is 322 g/mol. The molecule has 4 atom stereocenters. The van der Waals surface area contributed by atoms with Gasteiger partial charge in [-0.05, 0) is 36.5 Å². The van der Waals surface area contributed by atoms with Crippen LogP contribution in [0.3, 0.4) is 0 Å². The Morgan fingerprint density at radius 3 is 2.55 bits per heavy atom. The van der Waals surface area contributed by atoms with Crippen molar-refractivity contribution in [2.24, 2.45) is 23.7 Å². The average molecular weight is 335 g/mol. The fourth-order valence-corrected chi connectivity index (χ4v) is 3.69. The zero-order valence-corrected chi connectivity index (χ0v) is 12.2. The van der Waals surface area contributed by atoms with Gasteiger partial charge in [-0.15, -0.1) is 0 Å². The van der Waals surface area contributed by atoms with Gasteiger partial charge in [0.05, 0.1) is 5.92 Å². The van der Waals surface area contributed by atoms with E-state index in [2.05, 4.69) is 21.2 Å². The molecule has 4 nitrogen and oxygen atoms in total. The number of fused-ring (bicyclic) bond motifs is 2. The van der Waals surface area contributed by atoms with E-state index in [1.165, 1.54) is 0 Å². The van der Waals surface area contributed by atoms with Crippen molar-refractivity contribution < 1.29 is 14.7 Å². The predicted octanol–water partition coefficient (Wildman–Crippen LogP) is 1.58. The van der Waals surface area contributed by atoms with Crippen molar-refractivity contribution in [2.75, 3.05) is 5.32 Å². The van der Waals surface area contributed by atoms with Crippen molar-refractivity contribution in [3.8, 4) is 0 Å². The minimum Gasteiger partial charge on any atom is -0.550 e. The lowest BCUT2D eigenvalue weighted by atomic mass is 9.82. The summed E-state index contributed by atoms with van der Waals surface area (Å²) in [7, 11) is 0. The monoisotopic (exact) mass is 334 g/mol. The summed E-state index contributed by atoms with van der Waals surface area (Å²) in [6.07, 6.45) is 4.58. The Morgan fingerprint density at radius 1 is 1.20 bits per heavy atom. The number of carbonyl (C=O) groups is 2. The van der Waals surface area contributed by atoms with E-state index in [0.717, 1.165) is 10.9 Å². The second kappa shape index (κ2) is 5.05. The number of anilines is 1. The van der Waals surface area contributed by atoms with Crippen LogP contribution in [0.15, 0.2) is 40.9 Å². The van der Waals surface area contributed by atoms with Crippen molar-refractivity contribution in [3.63, 3.8) is 0 Å². The number of amides is 1. The number of halogens is 1. The summed E-state index contributed by atoms with van der Waals surface area (Å²) in [6.45, 7) is 0. The number of hydrogen-bond acceptors (Lipinski definition) is 3. The third-order valence-electron chi connectivity index (χ3n) is 4.13. The smallest absolute Gasteiger partial charge is 0.228 e. The van der Waals surface area contributed by atoms with Crippen LogP contribution >= 0.6 is 15.9 Å². The molecule has 1 fully saturated rings. The molecule has 0 spiro atoms. The van der Waals surface area contributed by atoms with Gasteiger partial charge in [-0.3, -0.25) is 4.79 Å². The van der Waals surface area contributed by atoms with Crippen molar-refractivity contribution in [2.45, 2.75) is 6.42 Å². The third kappa shape index (κ3) is 2.26. The van der Waals surface area contributed by atoms with E-state index >= 15 is 0 Å². The molecule has 0 radical (unpaired) electrons. The van der Waals surface area contributed by atoms with E-state index in [9.17, 15) is 14.7 Å². The molecule has 2 aliphatic rings. The molecule has 0 aromatic heterocycles. The number of aliphatic carboxylic acids is 1. The molecular formula is C15H13BrNO3-. The standard InChI is InChI=1S/C15H14BrNO3/c16-10-2-1-3-11(7-10)17-14(18)12-8-4-5-9(6-8)13(12)15(19)20/h1-5,7-9,12-13H,6H2,(H,17,18)(H,19,20)/p-1/t8-,9+,12-,13-/m1/s1. The topological polar surface area (TPSA) is 69.2 Å². The van der Waals surface area contributed by atoms with Crippen LogP contribution in [0.25, 0.3) is 0 Å². The first-order valence-corrected chi connectivity index (χ1v) is 7.31. The molecule has 0 aliphatic heterocycles. The molecule has 0 saturated heterocycles. The van der Waals surface area contributed by atoms with Crippen LogP contribution in [0.2, 0.25) is 0 Å². The van der Waals surface area contributed by atoms with Gasteiger partial charge >= 0.3 is 0 Å². The Labute approximate surface area is 125 Å². The largest absolute Gasteiger partial charge is 0.550 e. The van der Waals surface area contributed by atoms with Crippen LogP contribution < -0.4 is 10.4 Å². The first-order chi connectivity index (χ1) is 9.56. The Kier molecular flexibility index (Phi) is 3.38. The predicted molar refractivity (Wildman–Crippen MR) is 75.5 cm³/mol. The maximum Gasteiger partial charge on any atom is 0.228 e. The van der Waals surface area contributed by atoms with Gasteiger partial charge in [0.25, 0.3) is 0 Å². The molecule has 1 amide bonds. The summed E-state index contributed by atoms with van der Waals surface area (Å²) < 4.78 is 0.861. The highest BCUT2D eigenvalue weighted by Gasteiger charge is 2.48. The van der Waals surface area contributed by atoms with Crippen LogP contribution in [0.5, 0.6) is 0 Å². The average Bonchev–Trinajstić information content (AvgIpc) is 2.98. The minimum atomic E-state index is -1.13. The summed E-state index contributed by atoms with van der Waals surface area (Å²) in [6, 6.07) is 7.24. The van der Waals surface area contributed by atoms with Crippen molar-refractivity contribution >= 4 is 33.5 Å². The second-order valence-corrected chi connectivity index (χ2v) is 6.23. The van der Waals surface area contributed by atoms with E-state index in [1.807, 2.05) is 24.3 Å². The minimum absolute atomic E-state index is 0.00931. The normalized spacial score (nSPS) is 30.4. The van der Waals surface area contributed by atoms with Crippen LogP contribution in [-0.2, 0) is 9.59 Å². The summed E-state index contributed by atoms with van der Waals surface area (Å²) in [5, 5.41) is 14.1. The Balaban J connectivity index is 1.80. The number of carboxylic acids is 1. The van der Waals surface area contributed by atoms with Gasteiger partial charge in [0.1, 0.15) is 0 Å². The maximum atomic E-state index is 12.4. The molecule has 1 aromatic carbocycles. The molecule has 2 aliphatic carbocycles. The number of carbonyl (C=O) groups excluding carboxylic acids is 2. The molecule has 0 heterocycles. The van der Waals surface area contributed by atoms with Crippen molar-refractivity contribution in [3.05, 3.63) is 40.9 Å². The lowest BCUT2D eigenvalue weighted by Crippen LogP contribution is -2.42. The second-order valence-electron chi connectivity index (χ2n) is 5.32. The first kappa shape index (κ1) is 13.4. The molecule has 2 bridgehead atoms. The van der Waals surface area contributed by atoms with E-state index in [1.54, 1.807) is 12.1 Å². The van der Waals surface area contributed by atoms with Gasteiger partial charge in [0.2, 0.25) is 5.91 Å². The molecule has 1 aromatic rings. The zero-order valence-electron chi connectivity index (χ0n) is 10.6. The summed E-state index contributed by atoms with van der Waals surface area (Å²) in [5.41, 5.74) is 0.660. The molecule has 104 valence electrons. The molecule has 1 saturated carbocycles. The highest BCUT2D eigenvalue weighted by Crippen LogP contribution is 2.48.